The molecule has 1 heterocycles. The van der Waals surface area contributed by atoms with Crippen LogP contribution >= 0.6 is 0 Å². The van der Waals surface area contributed by atoms with Crippen molar-refractivity contribution in [1.29, 1.82) is 0 Å². The van der Waals surface area contributed by atoms with E-state index in [4.69, 9.17) is 4.74 Å². The summed E-state index contributed by atoms with van der Waals surface area (Å²) in [6.07, 6.45) is 0.901. The number of ether oxygens (including phenoxy) is 1. The quantitative estimate of drug-likeness (QED) is 0.657. The molecule has 124 valence electrons. The monoisotopic (exact) mass is 399 g/mol. The summed E-state index contributed by atoms with van der Waals surface area (Å²) in [7, 11) is 1.89. The summed E-state index contributed by atoms with van der Waals surface area (Å²) in [6, 6.07) is 14.7. The van der Waals surface area contributed by atoms with Gasteiger partial charge in [-0.05, 0) is 30.9 Å². The third-order valence-corrected chi connectivity index (χ3v) is 3.94. The van der Waals surface area contributed by atoms with E-state index in [0.29, 0.717) is 6.61 Å². The number of aromatic nitrogens is 1. The van der Waals surface area contributed by atoms with E-state index in [2.05, 4.69) is 47.6 Å². The first-order valence-electron chi connectivity index (χ1n) is 7.61. The third-order valence-electron chi connectivity index (χ3n) is 3.94. The minimum atomic E-state index is 0. The Morgan fingerprint density at radius 1 is 1.04 bits per heavy atom. The van der Waals surface area contributed by atoms with E-state index >= 15 is 0 Å². The van der Waals surface area contributed by atoms with Gasteiger partial charge in [0, 0.05) is 32.2 Å². The number of hydrogen-bond donors (Lipinski definition) is 1. The molecule has 0 aliphatic rings. The molecule has 3 aromatic rings. The summed E-state index contributed by atoms with van der Waals surface area (Å²) >= 11 is 0. The largest absolute Gasteiger partial charge is 0.493 e. The van der Waals surface area contributed by atoms with Crippen LogP contribution in [0.25, 0.3) is 10.8 Å². The van der Waals surface area contributed by atoms with Gasteiger partial charge in [-0.2, -0.15) is 0 Å². The number of rotatable bonds is 5. The minimum Gasteiger partial charge on any atom is -0.493 e. The number of nitrogens with one attached hydrogen (secondary N) is 1. The van der Waals surface area contributed by atoms with E-state index in [9.17, 15) is 0 Å². The van der Waals surface area contributed by atoms with Crippen molar-refractivity contribution in [2.75, 3.05) is 19.0 Å². The molecule has 1 aromatic heterocycles. The fraction of sp³-hybridized carbons (Fsp3) is 0.263. The molecule has 0 aliphatic carbocycles. The zero-order chi connectivity index (χ0) is 15.5. The summed E-state index contributed by atoms with van der Waals surface area (Å²) in [5, 5.41) is 5.38. The molecule has 2 aromatic carbocycles. The topological polar surface area (TPSA) is 35.4 Å². The number of benzene rings is 2. The van der Waals surface area contributed by atoms with Gasteiger partial charge in [0.25, 0.3) is 0 Å². The molecule has 0 atom stereocenters. The normalized spacial score (nSPS) is 10.4. The maximum Gasteiger partial charge on any atom is 0.126 e. The summed E-state index contributed by atoms with van der Waals surface area (Å²) in [6.45, 7) is 4.79. The molecule has 0 unspecified atom stereocenters. The van der Waals surface area contributed by atoms with Crippen molar-refractivity contribution < 1.29 is 25.2 Å². The maximum absolute atomic E-state index is 6.03. The van der Waals surface area contributed by atoms with Crippen LogP contribution in [0.4, 0.5) is 5.82 Å². The molecule has 0 bridgehead atoms. The SMILES string of the molecule is CNc1[n-]c(C)c2cccc(OCCc3ccc(C)cc3)c12.[Pd]. The van der Waals surface area contributed by atoms with Gasteiger partial charge < -0.3 is 15.0 Å². The second-order valence-corrected chi connectivity index (χ2v) is 5.56. The molecule has 3 nitrogen and oxygen atoms in total. The molecule has 3 rings (SSSR count). The van der Waals surface area contributed by atoms with Gasteiger partial charge in [-0.15, -0.1) is 0 Å². The summed E-state index contributed by atoms with van der Waals surface area (Å²) in [4.78, 5) is 4.55. The maximum atomic E-state index is 6.03. The van der Waals surface area contributed by atoms with E-state index in [1.54, 1.807) is 0 Å². The van der Waals surface area contributed by atoms with Crippen LogP contribution in [0.3, 0.4) is 0 Å². The van der Waals surface area contributed by atoms with Crippen molar-refractivity contribution >= 4 is 16.6 Å². The van der Waals surface area contributed by atoms with Crippen molar-refractivity contribution in [3.05, 3.63) is 59.3 Å². The Balaban J connectivity index is 0.00000192. The molecule has 0 spiro atoms. The van der Waals surface area contributed by atoms with Crippen LogP contribution in [-0.2, 0) is 26.8 Å². The molecule has 0 fully saturated rings. The molecule has 4 heteroatoms. The number of aryl methyl sites for hydroxylation is 2. The van der Waals surface area contributed by atoms with E-state index in [-0.39, 0.29) is 20.4 Å². The first-order chi connectivity index (χ1) is 10.7. The van der Waals surface area contributed by atoms with Crippen LogP contribution in [0.2, 0.25) is 0 Å². The number of anilines is 1. The van der Waals surface area contributed by atoms with Crippen molar-refractivity contribution in [3.63, 3.8) is 0 Å². The second-order valence-electron chi connectivity index (χ2n) is 5.56. The van der Waals surface area contributed by atoms with Gasteiger partial charge in [-0.25, -0.2) is 0 Å². The molecule has 0 saturated heterocycles. The van der Waals surface area contributed by atoms with E-state index in [1.807, 2.05) is 26.1 Å². The first kappa shape index (κ1) is 17.6. The zero-order valence-corrected chi connectivity index (χ0v) is 15.2. The van der Waals surface area contributed by atoms with Gasteiger partial charge in [0.2, 0.25) is 0 Å². The Morgan fingerprint density at radius 2 is 1.78 bits per heavy atom. The molecular weight excluding hydrogens is 379 g/mol. The van der Waals surface area contributed by atoms with Gasteiger partial charge in [-0.1, -0.05) is 60.5 Å². The van der Waals surface area contributed by atoms with Gasteiger partial charge in [-0.3, -0.25) is 0 Å². The molecule has 0 saturated carbocycles. The summed E-state index contributed by atoms with van der Waals surface area (Å²) < 4.78 is 6.03. The smallest absolute Gasteiger partial charge is 0.126 e. The number of nitrogens with zero attached hydrogens (tertiary/aromatic N) is 1. The van der Waals surface area contributed by atoms with Crippen LogP contribution < -0.4 is 15.0 Å². The van der Waals surface area contributed by atoms with Crippen LogP contribution in [-0.4, -0.2) is 13.7 Å². The van der Waals surface area contributed by atoms with Crippen LogP contribution in [0.15, 0.2) is 42.5 Å². The Kier molecular flexibility index (Phi) is 5.87. The average Bonchev–Trinajstić information content (AvgIpc) is 2.87. The zero-order valence-electron chi connectivity index (χ0n) is 13.6. The Hall–Kier alpha value is -1.76. The predicted octanol–water partition coefficient (Wildman–Crippen LogP) is 4.07. The molecule has 0 aliphatic heterocycles. The average molecular weight is 400 g/mol. The van der Waals surface area contributed by atoms with Gasteiger partial charge in [0.15, 0.2) is 0 Å². The Bertz CT molecular complexity index is 778. The van der Waals surface area contributed by atoms with Gasteiger partial charge in [0.05, 0.1) is 6.61 Å². The Morgan fingerprint density at radius 3 is 2.48 bits per heavy atom. The third kappa shape index (κ3) is 3.78. The standard InChI is InChI=1S/C19H21N2O.Pd/c1-13-7-9-15(10-8-13)11-12-22-17-6-4-5-16-14(2)21-19(20-3)18(16)17;/h4-10,20H,11-12H2,1-3H3;/q-1;. The molecule has 23 heavy (non-hydrogen) atoms. The van der Waals surface area contributed by atoms with Crippen molar-refractivity contribution in [3.8, 4) is 5.75 Å². The van der Waals surface area contributed by atoms with Crippen LogP contribution in [0.5, 0.6) is 5.75 Å². The molecule has 0 amide bonds. The predicted molar refractivity (Wildman–Crippen MR) is 91.9 cm³/mol. The van der Waals surface area contributed by atoms with Gasteiger partial charge in [0.1, 0.15) is 5.75 Å². The number of fused-ring (bicyclic) bond motifs is 1. The van der Waals surface area contributed by atoms with Crippen molar-refractivity contribution in [1.82, 2.24) is 4.98 Å². The number of hydrogen-bond acceptors (Lipinski definition) is 2. The summed E-state index contributed by atoms with van der Waals surface area (Å²) in [5.41, 5.74) is 3.61. The Labute approximate surface area is 151 Å². The van der Waals surface area contributed by atoms with E-state index in [1.165, 1.54) is 11.1 Å². The molecular formula is C19H21N2OPd-. The van der Waals surface area contributed by atoms with Crippen molar-refractivity contribution in [2.45, 2.75) is 20.3 Å². The van der Waals surface area contributed by atoms with Crippen LogP contribution in [0.1, 0.15) is 16.8 Å². The minimum absolute atomic E-state index is 0. The molecule has 1 N–H and O–H groups in total. The van der Waals surface area contributed by atoms with E-state index < -0.39 is 0 Å². The molecule has 0 radical (unpaired) electrons. The first-order valence-corrected chi connectivity index (χ1v) is 7.61. The summed E-state index contributed by atoms with van der Waals surface area (Å²) in [5.74, 6) is 1.79. The van der Waals surface area contributed by atoms with E-state index in [0.717, 1.165) is 34.5 Å². The second kappa shape index (κ2) is 7.68. The van der Waals surface area contributed by atoms with Crippen LogP contribution in [0, 0.1) is 13.8 Å². The fourth-order valence-corrected chi connectivity index (χ4v) is 2.70. The fourth-order valence-electron chi connectivity index (χ4n) is 2.70. The van der Waals surface area contributed by atoms with Crippen molar-refractivity contribution in [2.24, 2.45) is 0 Å². The van der Waals surface area contributed by atoms with Gasteiger partial charge >= 0.3 is 0 Å².